The minimum atomic E-state index is -0.529. The molecule has 0 atom stereocenters. The van der Waals surface area contributed by atoms with Crippen LogP contribution in [0.4, 0.5) is 8.78 Å². The monoisotopic (exact) mass is 364 g/mol. The van der Waals surface area contributed by atoms with Gasteiger partial charge in [0, 0.05) is 17.0 Å². The molecule has 1 fully saturated rings. The summed E-state index contributed by atoms with van der Waals surface area (Å²) in [6.07, 6.45) is -0.529. The summed E-state index contributed by atoms with van der Waals surface area (Å²) in [6.45, 7) is 3.23. The van der Waals surface area contributed by atoms with Crippen LogP contribution in [0.5, 0.6) is 0 Å². The Morgan fingerprint density at radius 1 is 0.852 bits per heavy atom. The van der Waals surface area contributed by atoms with E-state index < -0.39 is 12.1 Å². The molecule has 0 N–H and O–H groups in total. The van der Waals surface area contributed by atoms with Crippen LogP contribution >= 0.6 is 0 Å². The van der Waals surface area contributed by atoms with Crippen molar-refractivity contribution in [3.63, 3.8) is 0 Å². The van der Waals surface area contributed by atoms with Crippen LogP contribution in [0.15, 0.2) is 54.6 Å². The molecule has 0 saturated carbocycles. The van der Waals surface area contributed by atoms with E-state index in [9.17, 15) is 8.78 Å². The molecule has 136 valence electrons. The average molecular weight is 364 g/mol. The van der Waals surface area contributed by atoms with Crippen LogP contribution in [0.3, 0.4) is 0 Å². The van der Waals surface area contributed by atoms with Gasteiger partial charge in [-0.1, -0.05) is 37.0 Å². The van der Waals surface area contributed by atoms with Gasteiger partial charge in [0.1, 0.15) is 11.6 Å². The molecular weight excluding hydrogens is 346 g/mol. The van der Waals surface area contributed by atoms with E-state index in [0.717, 1.165) is 16.3 Å². The van der Waals surface area contributed by atoms with Crippen LogP contribution in [0.1, 0.15) is 29.9 Å². The zero-order chi connectivity index (χ0) is 18.8. The quantitative estimate of drug-likeness (QED) is 0.553. The Hall–Kier alpha value is -2.74. The molecular formula is C23H18F2O2. The second-order valence-electron chi connectivity index (χ2n) is 6.80. The Kier molecular flexibility index (Phi) is 4.89. The van der Waals surface area contributed by atoms with E-state index in [1.807, 2.05) is 13.0 Å². The van der Waals surface area contributed by atoms with Crippen molar-refractivity contribution >= 4 is 10.8 Å². The third kappa shape index (κ3) is 4.00. The first-order chi connectivity index (χ1) is 13.1. The summed E-state index contributed by atoms with van der Waals surface area (Å²) in [5, 5.41) is 1.69. The van der Waals surface area contributed by atoms with Gasteiger partial charge in [0.25, 0.3) is 0 Å². The molecule has 0 bridgehead atoms. The standard InChI is InChI=1S/C23H18F2O2/c1-15-13-26-23(27-14-15)20-7-6-17(22(25)12-20)4-2-16-3-5-19-11-21(24)9-8-18(19)10-16/h3,5-12,15,23H,13-14H2,1H3. The summed E-state index contributed by atoms with van der Waals surface area (Å²) in [5.74, 6) is 5.49. The lowest BCUT2D eigenvalue weighted by Gasteiger charge is -2.27. The van der Waals surface area contributed by atoms with Crippen LogP contribution in [0.2, 0.25) is 0 Å². The van der Waals surface area contributed by atoms with Crippen molar-refractivity contribution in [2.75, 3.05) is 13.2 Å². The maximum atomic E-state index is 14.4. The summed E-state index contributed by atoms with van der Waals surface area (Å²) in [7, 11) is 0. The normalized spacial score (nSPS) is 19.5. The third-order valence-electron chi connectivity index (χ3n) is 4.47. The zero-order valence-electron chi connectivity index (χ0n) is 14.8. The lowest BCUT2D eigenvalue weighted by atomic mass is 10.1. The van der Waals surface area contributed by atoms with Crippen molar-refractivity contribution in [3.05, 3.63) is 82.9 Å². The lowest BCUT2D eigenvalue weighted by Crippen LogP contribution is -2.25. The van der Waals surface area contributed by atoms with Crippen molar-refractivity contribution in [1.82, 2.24) is 0 Å². The highest BCUT2D eigenvalue weighted by molar-refractivity contribution is 5.83. The van der Waals surface area contributed by atoms with Gasteiger partial charge < -0.3 is 9.47 Å². The van der Waals surface area contributed by atoms with E-state index in [2.05, 4.69) is 11.8 Å². The molecule has 4 heteroatoms. The Morgan fingerprint density at radius 2 is 1.59 bits per heavy atom. The molecule has 0 unspecified atom stereocenters. The van der Waals surface area contributed by atoms with Crippen LogP contribution in [0, 0.1) is 29.4 Å². The number of benzene rings is 3. The van der Waals surface area contributed by atoms with Crippen LogP contribution in [-0.4, -0.2) is 13.2 Å². The van der Waals surface area contributed by atoms with E-state index >= 15 is 0 Å². The van der Waals surface area contributed by atoms with Crippen molar-refractivity contribution in [2.24, 2.45) is 5.92 Å². The minimum Gasteiger partial charge on any atom is -0.348 e. The lowest BCUT2D eigenvalue weighted by molar-refractivity contribution is -0.202. The fourth-order valence-electron chi connectivity index (χ4n) is 3.01. The minimum absolute atomic E-state index is 0.274. The first-order valence-corrected chi connectivity index (χ1v) is 8.82. The first kappa shape index (κ1) is 17.7. The fourth-order valence-corrected chi connectivity index (χ4v) is 3.01. The molecule has 0 amide bonds. The molecule has 2 nitrogen and oxygen atoms in total. The molecule has 0 radical (unpaired) electrons. The smallest absolute Gasteiger partial charge is 0.183 e. The van der Waals surface area contributed by atoms with E-state index in [-0.39, 0.29) is 5.82 Å². The maximum Gasteiger partial charge on any atom is 0.183 e. The van der Waals surface area contributed by atoms with E-state index in [1.54, 1.807) is 30.3 Å². The first-order valence-electron chi connectivity index (χ1n) is 8.82. The van der Waals surface area contributed by atoms with Crippen molar-refractivity contribution < 1.29 is 18.3 Å². The summed E-state index contributed by atoms with van der Waals surface area (Å²) in [6, 6.07) is 14.9. The maximum absolute atomic E-state index is 14.4. The van der Waals surface area contributed by atoms with Gasteiger partial charge in [-0.15, -0.1) is 0 Å². The number of hydrogen-bond donors (Lipinski definition) is 0. The zero-order valence-corrected chi connectivity index (χ0v) is 14.8. The summed E-state index contributed by atoms with van der Waals surface area (Å²) >= 11 is 0. The van der Waals surface area contributed by atoms with Gasteiger partial charge in [0.2, 0.25) is 0 Å². The number of fused-ring (bicyclic) bond motifs is 1. The highest BCUT2D eigenvalue weighted by atomic mass is 19.1. The number of halogens is 2. The molecule has 0 aliphatic carbocycles. The van der Waals surface area contributed by atoms with Crippen LogP contribution in [0.25, 0.3) is 10.8 Å². The molecule has 1 heterocycles. The fraction of sp³-hybridized carbons (Fsp3) is 0.217. The van der Waals surface area contributed by atoms with E-state index in [1.165, 1.54) is 18.2 Å². The second kappa shape index (κ2) is 7.48. The van der Waals surface area contributed by atoms with E-state index in [0.29, 0.717) is 30.3 Å². The summed E-state index contributed by atoms with van der Waals surface area (Å²) < 4.78 is 38.9. The average Bonchev–Trinajstić information content (AvgIpc) is 2.67. The molecule has 0 aromatic heterocycles. The van der Waals surface area contributed by atoms with Crippen LogP contribution < -0.4 is 0 Å². The highest BCUT2D eigenvalue weighted by Gasteiger charge is 2.21. The molecule has 3 aromatic carbocycles. The molecule has 3 aromatic rings. The van der Waals surface area contributed by atoms with Gasteiger partial charge in [0.15, 0.2) is 6.29 Å². The molecule has 0 spiro atoms. The molecule has 4 rings (SSSR count). The van der Waals surface area contributed by atoms with Gasteiger partial charge in [-0.2, -0.15) is 0 Å². The van der Waals surface area contributed by atoms with Gasteiger partial charge in [-0.3, -0.25) is 0 Å². The van der Waals surface area contributed by atoms with E-state index in [4.69, 9.17) is 9.47 Å². The molecule has 27 heavy (non-hydrogen) atoms. The Labute approximate surface area is 156 Å². The number of hydrogen-bond acceptors (Lipinski definition) is 2. The van der Waals surface area contributed by atoms with Crippen LogP contribution in [-0.2, 0) is 9.47 Å². The third-order valence-corrected chi connectivity index (χ3v) is 4.47. The molecule has 1 aliphatic heterocycles. The highest BCUT2D eigenvalue weighted by Crippen LogP contribution is 2.26. The number of rotatable bonds is 1. The van der Waals surface area contributed by atoms with Gasteiger partial charge >= 0.3 is 0 Å². The second-order valence-corrected chi connectivity index (χ2v) is 6.80. The van der Waals surface area contributed by atoms with Gasteiger partial charge in [-0.25, -0.2) is 8.78 Å². The van der Waals surface area contributed by atoms with Crippen molar-refractivity contribution in [3.8, 4) is 11.8 Å². The van der Waals surface area contributed by atoms with Gasteiger partial charge in [-0.05, 0) is 47.2 Å². The van der Waals surface area contributed by atoms with Crippen molar-refractivity contribution in [1.29, 1.82) is 0 Å². The Morgan fingerprint density at radius 3 is 2.37 bits per heavy atom. The SMILES string of the molecule is CC1COC(c2ccc(C#Cc3ccc4cc(F)ccc4c3)c(F)c2)OC1. The molecule has 1 saturated heterocycles. The predicted octanol–water partition coefficient (Wildman–Crippen LogP) is 5.20. The number of ether oxygens (including phenoxy) is 2. The topological polar surface area (TPSA) is 18.5 Å². The predicted molar refractivity (Wildman–Crippen MR) is 100 cm³/mol. The van der Waals surface area contributed by atoms with Crippen molar-refractivity contribution in [2.45, 2.75) is 13.2 Å². The summed E-state index contributed by atoms with van der Waals surface area (Å²) in [4.78, 5) is 0. The molecule has 1 aliphatic rings. The summed E-state index contributed by atoms with van der Waals surface area (Å²) in [5.41, 5.74) is 1.70. The largest absolute Gasteiger partial charge is 0.348 e. The Balaban J connectivity index is 1.56. The Bertz CT molecular complexity index is 1040. The van der Waals surface area contributed by atoms with Gasteiger partial charge in [0.05, 0.1) is 18.8 Å².